The van der Waals surface area contributed by atoms with Crippen molar-refractivity contribution in [2.24, 2.45) is 0 Å². The summed E-state index contributed by atoms with van der Waals surface area (Å²) in [5, 5.41) is 0.685. The lowest BCUT2D eigenvalue weighted by Gasteiger charge is -1.90. The van der Waals surface area contributed by atoms with E-state index in [1.54, 1.807) is 13.3 Å². The maximum atomic E-state index is 5.37. The molecule has 0 bridgehead atoms. The minimum Gasteiger partial charge on any atom is -0.485 e. The van der Waals surface area contributed by atoms with Crippen molar-refractivity contribution in [3.05, 3.63) is 6.20 Å². The van der Waals surface area contributed by atoms with Crippen LogP contribution in [-0.2, 0) is 0 Å². The van der Waals surface area contributed by atoms with E-state index in [1.165, 1.54) is 11.5 Å². The van der Waals surface area contributed by atoms with Gasteiger partial charge in [-0.25, -0.2) is 0 Å². The summed E-state index contributed by atoms with van der Waals surface area (Å²) >= 11 is 1.25. The molecule has 3 nitrogen and oxygen atoms in total. The molecule has 0 radical (unpaired) electrons. The Labute approximate surface area is 51.3 Å². The minimum absolute atomic E-state index is 0.609. The van der Waals surface area contributed by atoms with Crippen molar-refractivity contribution in [1.82, 2.24) is 4.37 Å². The fourth-order valence-electron chi connectivity index (χ4n) is 0.392. The Bertz CT molecular complexity index is 174. The highest BCUT2D eigenvalue weighted by atomic mass is 32.1. The van der Waals surface area contributed by atoms with Crippen LogP contribution in [0.3, 0.4) is 0 Å². The Morgan fingerprint density at radius 2 is 2.62 bits per heavy atom. The molecule has 0 aliphatic carbocycles. The predicted octanol–water partition coefficient (Wildman–Crippen LogP) is 0.734. The van der Waals surface area contributed by atoms with Crippen LogP contribution in [0.1, 0.15) is 0 Å². The van der Waals surface area contributed by atoms with Gasteiger partial charge in [-0.15, -0.1) is 0 Å². The smallest absolute Gasteiger partial charge is 0.216 e. The summed E-state index contributed by atoms with van der Waals surface area (Å²) in [5.41, 5.74) is 5.98. The van der Waals surface area contributed by atoms with Crippen molar-refractivity contribution >= 4 is 17.2 Å². The average Bonchev–Trinajstić information content (AvgIpc) is 2.14. The first kappa shape index (κ1) is 5.37. The fraction of sp³-hybridized carbons (Fsp3) is 0.250. The van der Waals surface area contributed by atoms with Crippen LogP contribution in [0.15, 0.2) is 6.20 Å². The number of rotatable bonds is 1. The third-order valence-corrected chi connectivity index (χ3v) is 1.53. The fourth-order valence-corrected chi connectivity index (χ4v) is 0.886. The molecule has 8 heavy (non-hydrogen) atoms. The summed E-state index contributed by atoms with van der Waals surface area (Å²) in [6.45, 7) is 0. The van der Waals surface area contributed by atoms with Crippen LogP contribution in [0, 0.1) is 0 Å². The quantitative estimate of drug-likeness (QED) is 0.609. The SMILES string of the molecule is COc1sncc1N. The van der Waals surface area contributed by atoms with E-state index in [9.17, 15) is 0 Å². The second-order valence-corrected chi connectivity index (χ2v) is 2.04. The second kappa shape index (κ2) is 2.00. The van der Waals surface area contributed by atoms with Crippen molar-refractivity contribution in [2.75, 3.05) is 12.8 Å². The van der Waals surface area contributed by atoms with Crippen molar-refractivity contribution < 1.29 is 4.74 Å². The number of nitrogens with zero attached hydrogens (tertiary/aromatic N) is 1. The van der Waals surface area contributed by atoms with E-state index in [1.807, 2.05) is 0 Å². The van der Waals surface area contributed by atoms with Gasteiger partial charge in [-0.2, -0.15) is 4.37 Å². The normalized spacial score (nSPS) is 9.12. The molecule has 1 aromatic heterocycles. The van der Waals surface area contributed by atoms with Gasteiger partial charge in [-0.1, -0.05) is 0 Å². The van der Waals surface area contributed by atoms with Gasteiger partial charge in [0.15, 0.2) is 0 Å². The van der Waals surface area contributed by atoms with Crippen molar-refractivity contribution in [1.29, 1.82) is 0 Å². The molecule has 4 heteroatoms. The van der Waals surface area contributed by atoms with Crippen LogP contribution in [-0.4, -0.2) is 11.5 Å². The summed E-state index contributed by atoms with van der Waals surface area (Å²) in [4.78, 5) is 0. The summed E-state index contributed by atoms with van der Waals surface area (Å²) in [6.07, 6.45) is 1.57. The van der Waals surface area contributed by atoms with Gasteiger partial charge in [-0.3, -0.25) is 0 Å². The molecule has 1 heterocycles. The highest BCUT2D eigenvalue weighted by Gasteiger charge is 1.97. The number of hydrogen-bond acceptors (Lipinski definition) is 4. The molecule has 1 rings (SSSR count). The highest BCUT2D eigenvalue weighted by molar-refractivity contribution is 7.08. The van der Waals surface area contributed by atoms with E-state index in [4.69, 9.17) is 10.5 Å². The average molecular weight is 130 g/mol. The Hall–Kier alpha value is -0.770. The van der Waals surface area contributed by atoms with Crippen LogP contribution < -0.4 is 10.5 Å². The number of aromatic nitrogens is 1. The molecule has 0 unspecified atom stereocenters. The molecule has 0 atom stereocenters. The maximum Gasteiger partial charge on any atom is 0.216 e. The van der Waals surface area contributed by atoms with Gasteiger partial charge in [0.2, 0.25) is 5.06 Å². The first-order valence-electron chi connectivity index (χ1n) is 2.08. The Morgan fingerprint density at radius 3 is 2.88 bits per heavy atom. The number of ether oxygens (including phenoxy) is 1. The summed E-state index contributed by atoms with van der Waals surface area (Å²) in [5.74, 6) is 0. The second-order valence-electron chi connectivity index (χ2n) is 1.27. The standard InChI is InChI=1S/C4H6N2OS/c1-7-4-3(5)2-6-8-4/h2H,5H2,1H3. The molecule has 0 spiro atoms. The van der Waals surface area contributed by atoms with E-state index < -0.39 is 0 Å². The van der Waals surface area contributed by atoms with Gasteiger partial charge in [0.05, 0.1) is 13.3 Å². The zero-order valence-electron chi connectivity index (χ0n) is 4.42. The Balaban J connectivity index is 2.92. The summed E-state index contributed by atoms with van der Waals surface area (Å²) in [6, 6.07) is 0. The molecule has 2 N–H and O–H groups in total. The van der Waals surface area contributed by atoms with Gasteiger partial charge in [0, 0.05) is 11.5 Å². The topological polar surface area (TPSA) is 48.1 Å². The summed E-state index contributed by atoms with van der Waals surface area (Å²) in [7, 11) is 1.57. The van der Waals surface area contributed by atoms with Crippen LogP contribution >= 0.6 is 11.5 Å². The van der Waals surface area contributed by atoms with Gasteiger partial charge < -0.3 is 10.5 Å². The Morgan fingerprint density at radius 1 is 1.88 bits per heavy atom. The number of methoxy groups -OCH3 is 1. The lowest BCUT2D eigenvalue weighted by Crippen LogP contribution is -1.84. The van der Waals surface area contributed by atoms with E-state index >= 15 is 0 Å². The van der Waals surface area contributed by atoms with E-state index in [0.29, 0.717) is 10.8 Å². The van der Waals surface area contributed by atoms with Crippen molar-refractivity contribution in [2.45, 2.75) is 0 Å². The molecule has 0 aliphatic heterocycles. The first-order chi connectivity index (χ1) is 3.84. The monoisotopic (exact) mass is 130 g/mol. The molecule has 0 aromatic carbocycles. The largest absolute Gasteiger partial charge is 0.485 e. The van der Waals surface area contributed by atoms with Gasteiger partial charge in [0.25, 0.3) is 0 Å². The Kier molecular flexibility index (Phi) is 1.34. The summed E-state index contributed by atoms with van der Waals surface area (Å²) < 4.78 is 8.60. The number of anilines is 1. The molecule has 0 fully saturated rings. The molecule has 1 aromatic rings. The van der Waals surface area contributed by atoms with Crippen molar-refractivity contribution in [3.8, 4) is 5.06 Å². The maximum absolute atomic E-state index is 5.37. The number of nitrogen functional groups attached to an aromatic ring is 1. The highest BCUT2D eigenvalue weighted by Crippen LogP contribution is 2.23. The third-order valence-electron chi connectivity index (χ3n) is 0.749. The lowest BCUT2D eigenvalue weighted by molar-refractivity contribution is 0.429. The molecule has 0 amide bonds. The molecule has 44 valence electrons. The van der Waals surface area contributed by atoms with Crippen LogP contribution in [0.25, 0.3) is 0 Å². The minimum atomic E-state index is 0.609. The van der Waals surface area contributed by atoms with E-state index in [0.717, 1.165) is 0 Å². The van der Waals surface area contributed by atoms with Crippen molar-refractivity contribution in [3.63, 3.8) is 0 Å². The number of hydrogen-bond donors (Lipinski definition) is 1. The predicted molar refractivity (Wildman–Crippen MR) is 33.1 cm³/mol. The van der Waals surface area contributed by atoms with Crippen LogP contribution in [0.5, 0.6) is 5.06 Å². The first-order valence-corrected chi connectivity index (χ1v) is 2.86. The van der Waals surface area contributed by atoms with Crippen LogP contribution in [0.4, 0.5) is 5.69 Å². The molecule has 0 saturated heterocycles. The molecule has 0 aliphatic rings. The van der Waals surface area contributed by atoms with E-state index in [-0.39, 0.29) is 0 Å². The zero-order valence-corrected chi connectivity index (χ0v) is 5.23. The van der Waals surface area contributed by atoms with Gasteiger partial charge >= 0.3 is 0 Å². The lowest BCUT2D eigenvalue weighted by atomic mass is 10.6. The molecule has 0 saturated carbocycles. The third kappa shape index (κ3) is 0.742. The molecular formula is C4H6N2OS. The van der Waals surface area contributed by atoms with Gasteiger partial charge in [0.1, 0.15) is 5.69 Å². The molecular weight excluding hydrogens is 124 g/mol. The van der Waals surface area contributed by atoms with E-state index in [2.05, 4.69) is 4.37 Å². The number of nitrogens with two attached hydrogens (primary N) is 1. The zero-order chi connectivity index (χ0) is 5.98. The van der Waals surface area contributed by atoms with Crippen LogP contribution in [0.2, 0.25) is 0 Å². The van der Waals surface area contributed by atoms with Gasteiger partial charge in [-0.05, 0) is 0 Å².